The number of nitrogens with zero attached hydrogens (tertiary/aromatic N) is 1. The van der Waals surface area contributed by atoms with Crippen LogP contribution in [0.2, 0.25) is 0 Å². The SMILES string of the molecule is CCC(C(=O)Nc1cccc(NC(=O)c2ccc(C(C)(C)C)cc2)c1)N(c1ccccc1)S(C)(=O)=O. The zero-order chi connectivity index (χ0) is 26.5. The fourth-order valence-electron chi connectivity index (χ4n) is 3.86. The van der Waals surface area contributed by atoms with Gasteiger partial charge in [-0.3, -0.25) is 13.9 Å². The summed E-state index contributed by atoms with van der Waals surface area (Å²) in [5.74, 6) is -0.731. The first kappa shape index (κ1) is 26.9. The Bertz CT molecular complexity index is 1310. The molecule has 1 atom stereocenters. The van der Waals surface area contributed by atoms with Crippen LogP contribution in [-0.4, -0.2) is 32.5 Å². The van der Waals surface area contributed by atoms with Crippen molar-refractivity contribution in [3.8, 4) is 0 Å². The quantitative estimate of drug-likeness (QED) is 0.426. The Balaban J connectivity index is 1.76. The Kier molecular flexibility index (Phi) is 8.20. The number of anilines is 3. The molecule has 8 heteroatoms. The Morgan fingerprint density at radius 3 is 1.97 bits per heavy atom. The average molecular weight is 508 g/mol. The molecule has 2 amide bonds. The summed E-state index contributed by atoms with van der Waals surface area (Å²) in [5.41, 5.74) is 3.02. The molecule has 2 N–H and O–H groups in total. The Morgan fingerprint density at radius 2 is 1.44 bits per heavy atom. The van der Waals surface area contributed by atoms with Crippen LogP contribution >= 0.6 is 0 Å². The van der Waals surface area contributed by atoms with Gasteiger partial charge in [0.25, 0.3) is 5.91 Å². The number of nitrogens with one attached hydrogen (secondary N) is 2. The standard InChI is InChI=1S/C28H33N3O4S/c1-6-25(31(36(5,34)35)24-13-8-7-9-14-24)27(33)30-23-12-10-11-22(19-23)29-26(32)20-15-17-21(18-16-20)28(2,3)4/h7-19,25H,6H2,1-5H3,(H,29,32)(H,30,33). The highest BCUT2D eigenvalue weighted by atomic mass is 32.2. The van der Waals surface area contributed by atoms with Crippen LogP contribution in [-0.2, 0) is 20.2 Å². The number of hydrogen-bond donors (Lipinski definition) is 2. The van der Waals surface area contributed by atoms with Crippen molar-refractivity contribution in [1.29, 1.82) is 0 Å². The van der Waals surface area contributed by atoms with E-state index in [1.807, 2.05) is 12.1 Å². The van der Waals surface area contributed by atoms with E-state index >= 15 is 0 Å². The van der Waals surface area contributed by atoms with Crippen LogP contribution in [0.1, 0.15) is 50.0 Å². The first-order chi connectivity index (χ1) is 16.9. The van der Waals surface area contributed by atoms with Gasteiger partial charge < -0.3 is 10.6 Å². The number of amides is 2. The van der Waals surface area contributed by atoms with E-state index in [-0.39, 0.29) is 17.7 Å². The van der Waals surface area contributed by atoms with Crippen molar-refractivity contribution in [2.45, 2.75) is 45.6 Å². The molecule has 0 bridgehead atoms. The van der Waals surface area contributed by atoms with E-state index in [9.17, 15) is 18.0 Å². The molecule has 0 radical (unpaired) electrons. The molecule has 0 aliphatic rings. The normalized spacial score (nSPS) is 12.5. The van der Waals surface area contributed by atoms with Crippen LogP contribution in [0.25, 0.3) is 0 Å². The lowest BCUT2D eigenvalue weighted by molar-refractivity contribution is -0.117. The van der Waals surface area contributed by atoms with Crippen molar-refractivity contribution in [3.63, 3.8) is 0 Å². The second-order valence-corrected chi connectivity index (χ2v) is 11.5. The van der Waals surface area contributed by atoms with Gasteiger partial charge in [-0.25, -0.2) is 8.42 Å². The van der Waals surface area contributed by atoms with Crippen molar-refractivity contribution < 1.29 is 18.0 Å². The predicted octanol–water partition coefficient (Wildman–Crippen LogP) is 5.42. The minimum atomic E-state index is -3.72. The summed E-state index contributed by atoms with van der Waals surface area (Å²) in [6.45, 7) is 8.09. The topological polar surface area (TPSA) is 95.6 Å². The summed E-state index contributed by atoms with van der Waals surface area (Å²) < 4.78 is 26.3. The summed E-state index contributed by atoms with van der Waals surface area (Å²) in [6.07, 6.45) is 1.36. The van der Waals surface area contributed by atoms with Crippen molar-refractivity contribution in [2.24, 2.45) is 0 Å². The van der Waals surface area contributed by atoms with Crippen LogP contribution in [0.3, 0.4) is 0 Å². The number of sulfonamides is 1. The number of para-hydroxylation sites is 1. The molecule has 7 nitrogen and oxygen atoms in total. The highest BCUT2D eigenvalue weighted by Gasteiger charge is 2.31. The Morgan fingerprint density at radius 1 is 0.861 bits per heavy atom. The summed E-state index contributed by atoms with van der Waals surface area (Å²) >= 11 is 0. The first-order valence-electron chi connectivity index (χ1n) is 11.8. The molecule has 0 spiro atoms. The first-order valence-corrected chi connectivity index (χ1v) is 13.6. The van der Waals surface area contributed by atoms with E-state index in [4.69, 9.17) is 0 Å². The molecule has 0 fully saturated rings. The van der Waals surface area contributed by atoms with E-state index in [2.05, 4.69) is 31.4 Å². The van der Waals surface area contributed by atoms with E-state index in [0.717, 1.165) is 16.1 Å². The molecular weight excluding hydrogens is 474 g/mol. The Hall–Kier alpha value is -3.65. The largest absolute Gasteiger partial charge is 0.324 e. The lowest BCUT2D eigenvalue weighted by Gasteiger charge is -2.30. The summed E-state index contributed by atoms with van der Waals surface area (Å²) in [6, 6.07) is 21.8. The van der Waals surface area contributed by atoms with Gasteiger partial charge in [0.15, 0.2) is 0 Å². The van der Waals surface area contributed by atoms with Crippen LogP contribution in [0.4, 0.5) is 17.1 Å². The monoisotopic (exact) mass is 507 g/mol. The maximum absolute atomic E-state index is 13.2. The maximum atomic E-state index is 13.2. The molecule has 0 aromatic heterocycles. The van der Waals surface area contributed by atoms with Gasteiger partial charge in [-0.1, -0.05) is 64.1 Å². The molecule has 3 aromatic rings. The van der Waals surface area contributed by atoms with Gasteiger partial charge in [-0.05, 0) is 59.9 Å². The minimum absolute atomic E-state index is 0.00884. The third-order valence-corrected chi connectivity index (χ3v) is 6.92. The zero-order valence-electron chi connectivity index (χ0n) is 21.3. The number of benzene rings is 3. The third kappa shape index (κ3) is 6.73. The third-order valence-electron chi connectivity index (χ3n) is 5.74. The van der Waals surface area contributed by atoms with Gasteiger partial charge in [-0.15, -0.1) is 0 Å². The molecule has 36 heavy (non-hydrogen) atoms. The average Bonchev–Trinajstić information content (AvgIpc) is 2.81. The van der Waals surface area contributed by atoms with E-state index in [0.29, 0.717) is 22.6 Å². The minimum Gasteiger partial charge on any atom is -0.324 e. The molecule has 0 saturated heterocycles. The fourth-order valence-corrected chi connectivity index (χ4v) is 5.07. The Labute approximate surface area is 213 Å². The molecule has 0 heterocycles. The van der Waals surface area contributed by atoms with E-state index in [1.165, 1.54) is 0 Å². The molecule has 0 aliphatic carbocycles. The number of rotatable bonds is 8. The number of hydrogen-bond acceptors (Lipinski definition) is 4. The van der Waals surface area contributed by atoms with Gasteiger partial charge in [0.05, 0.1) is 11.9 Å². The molecule has 0 aliphatic heterocycles. The lowest BCUT2D eigenvalue weighted by atomic mass is 9.87. The summed E-state index contributed by atoms with van der Waals surface area (Å²) in [5, 5.41) is 5.65. The van der Waals surface area contributed by atoms with Gasteiger partial charge >= 0.3 is 0 Å². The van der Waals surface area contributed by atoms with E-state index < -0.39 is 22.0 Å². The summed E-state index contributed by atoms with van der Waals surface area (Å²) in [4.78, 5) is 25.9. The van der Waals surface area contributed by atoms with Crippen LogP contribution < -0.4 is 14.9 Å². The highest BCUT2D eigenvalue weighted by Crippen LogP contribution is 2.25. The fraction of sp³-hybridized carbons (Fsp3) is 0.286. The van der Waals surface area contributed by atoms with Crippen LogP contribution in [0, 0.1) is 0 Å². The van der Waals surface area contributed by atoms with Crippen molar-refractivity contribution in [2.75, 3.05) is 21.2 Å². The molecule has 0 saturated carbocycles. The summed E-state index contributed by atoms with van der Waals surface area (Å²) in [7, 11) is -3.72. The van der Waals surface area contributed by atoms with Crippen LogP contribution in [0.5, 0.6) is 0 Å². The zero-order valence-corrected chi connectivity index (χ0v) is 22.1. The number of carbonyl (C=O) groups is 2. The highest BCUT2D eigenvalue weighted by molar-refractivity contribution is 7.92. The smallest absolute Gasteiger partial charge is 0.255 e. The van der Waals surface area contributed by atoms with E-state index in [1.54, 1.807) is 73.7 Å². The molecular formula is C28H33N3O4S. The molecule has 3 rings (SSSR count). The van der Waals surface area contributed by atoms with Gasteiger partial charge in [0, 0.05) is 16.9 Å². The van der Waals surface area contributed by atoms with Crippen molar-refractivity contribution in [3.05, 3.63) is 90.0 Å². The predicted molar refractivity (Wildman–Crippen MR) is 146 cm³/mol. The van der Waals surface area contributed by atoms with Crippen molar-refractivity contribution in [1.82, 2.24) is 0 Å². The van der Waals surface area contributed by atoms with Gasteiger partial charge in [0.2, 0.25) is 15.9 Å². The number of carbonyl (C=O) groups excluding carboxylic acids is 2. The van der Waals surface area contributed by atoms with Crippen molar-refractivity contribution >= 4 is 38.9 Å². The molecule has 1 unspecified atom stereocenters. The van der Waals surface area contributed by atoms with Gasteiger partial charge in [0.1, 0.15) is 6.04 Å². The van der Waals surface area contributed by atoms with Crippen LogP contribution in [0.15, 0.2) is 78.9 Å². The lowest BCUT2D eigenvalue weighted by Crippen LogP contribution is -2.46. The second kappa shape index (κ2) is 11.0. The molecule has 190 valence electrons. The maximum Gasteiger partial charge on any atom is 0.255 e. The van der Waals surface area contributed by atoms with Gasteiger partial charge in [-0.2, -0.15) is 0 Å². The second-order valence-electron chi connectivity index (χ2n) is 9.67. The molecule has 3 aromatic carbocycles.